The molecule has 0 aliphatic rings. The van der Waals surface area contributed by atoms with Gasteiger partial charge in [0.15, 0.2) is 0 Å². The van der Waals surface area contributed by atoms with Crippen molar-refractivity contribution in [3.63, 3.8) is 0 Å². The van der Waals surface area contributed by atoms with E-state index in [0.29, 0.717) is 17.1 Å². The molecule has 14 heavy (non-hydrogen) atoms. The number of benzene rings is 1. The molecular formula is C10H12O3S. The van der Waals surface area contributed by atoms with E-state index in [2.05, 4.69) is 12.6 Å². The third-order valence-electron chi connectivity index (χ3n) is 1.62. The van der Waals surface area contributed by atoms with E-state index in [1.54, 1.807) is 6.07 Å². The SMILES string of the molecule is CCCC(=O)Oc1cc(O)ccc1S. The molecule has 1 aromatic carbocycles. The van der Waals surface area contributed by atoms with Gasteiger partial charge in [0.2, 0.25) is 0 Å². The highest BCUT2D eigenvalue weighted by Gasteiger charge is 2.07. The normalized spacial score (nSPS) is 9.86. The number of carbonyl (C=O) groups is 1. The lowest BCUT2D eigenvalue weighted by atomic mass is 10.3. The van der Waals surface area contributed by atoms with Crippen molar-refractivity contribution >= 4 is 18.6 Å². The van der Waals surface area contributed by atoms with Crippen LogP contribution >= 0.6 is 12.6 Å². The molecule has 4 heteroatoms. The third kappa shape index (κ3) is 2.96. The highest BCUT2D eigenvalue weighted by Crippen LogP contribution is 2.27. The second-order valence-corrected chi connectivity index (χ2v) is 3.36. The zero-order valence-corrected chi connectivity index (χ0v) is 8.75. The number of rotatable bonds is 3. The molecule has 3 nitrogen and oxygen atoms in total. The topological polar surface area (TPSA) is 46.5 Å². The Labute approximate surface area is 88.1 Å². The molecule has 0 amide bonds. The first-order valence-corrected chi connectivity index (χ1v) is 4.81. The average molecular weight is 212 g/mol. The van der Waals surface area contributed by atoms with Gasteiger partial charge in [-0.1, -0.05) is 6.92 Å². The summed E-state index contributed by atoms with van der Waals surface area (Å²) in [6.45, 7) is 1.89. The molecule has 0 aliphatic heterocycles. The lowest BCUT2D eigenvalue weighted by molar-refractivity contribution is -0.134. The zero-order chi connectivity index (χ0) is 10.6. The van der Waals surface area contributed by atoms with Gasteiger partial charge in [0.05, 0.1) is 0 Å². The van der Waals surface area contributed by atoms with Crippen LogP contribution < -0.4 is 4.74 Å². The summed E-state index contributed by atoms with van der Waals surface area (Å²) in [7, 11) is 0. The standard InChI is InChI=1S/C10H12O3S/c1-2-3-10(12)13-8-6-7(11)4-5-9(8)14/h4-6,11,14H,2-3H2,1H3. The van der Waals surface area contributed by atoms with Crippen molar-refractivity contribution in [3.05, 3.63) is 18.2 Å². The predicted octanol–water partition coefficient (Wildman–Crippen LogP) is 2.39. The number of ether oxygens (including phenoxy) is 1. The second-order valence-electron chi connectivity index (χ2n) is 2.88. The molecule has 0 radical (unpaired) electrons. The van der Waals surface area contributed by atoms with Gasteiger partial charge in [0.25, 0.3) is 0 Å². The van der Waals surface area contributed by atoms with E-state index < -0.39 is 0 Å². The van der Waals surface area contributed by atoms with Gasteiger partial charge in [-0.3, -0.25) is 4.79 Å². The van der Waals surface area contributed by atoms with Crippen LogP contribution in [0.4, 0.5) is 0 Å². The summed E-state index contributed by atoms with van der Waals surface area (Å²) >= 11 is 4.10. The summed E-state index contributed by atoms with van der Waals surface area (Å²) in [5, 5.41) is 9.16. The van der Waals surface area contributed by atoms with E-state index in [1.807, 2.05) is 6.92 Å². The summed E-state index contributed by atoms with van der Waals surface area (Å²) < 4.78 is 4.99. The lowest BCUT2D eigenvalue weighted by Gasteiger charge is -2.06. The fourth-order valence-electron chi connectivity index (χ4n) is 0.962. The molecule has 0 heterocycles. The maximum absolute atomic E-state index is 11.1. The number of hydrogen-bond donors (Lipinski definition) is 2. The minimum absolute atomic E-state index is 0.0575. The molecule has 1 N–H and O–H groups in total. The quantitative estimate of drug-likeness (QED) is 0.459. The van der Waals surface area contributed by atoms with Gasteiger partial charge in [-0.15, -0.1) is 12.6 Å². The molecule has 1 rings (SSSR count). The maximum Gasteiger partial charge on any atom is 0.311 e. The Morgan fingerprint density at radius 3 is 2.93 bits per heavy atom. The summed E-state index contributed by atoms with van der Waals surface area (Å²) in [5.74, 6) is 0.0438. The molecule has 0 aromatic heterocycles. The first-order valence-electron chi connectivity index (χ1n) is 4.36. The number of phenols is 1. The molecule has 0 bridgehead atoms. The molecule has 0 saturated carbocycles. The Morgan fingerprint density at radius 1 is 1.57 bits per heavy atom. The number of phenolic OH excluding ortho intramolecular Hbond substituents is 1. The molecule has 0 unspecified atom stereocenters. The molecule has 0 aliphatic carbocycles. The van der Waals surface area contributed by atoms with Gasteiger partial charge >= 0.3 is 5.97 Å². The van der Waals surface area contributed by atoms with Crippen LogP contribution in [0.5, 0.6) is 11.5 Å². The average Bonchev–Trinajstić information content (AvgIpc) is 2.12. The van der Waals surface area contributed by atoms with Crippen molar-refractivity contribution < 1.29 is 14.6 Å². The van der Waals surface area contributed by atoms with Gasteiger partial charge < -0.3 is 9.84 Å². The Balaban J connectivity index is 2.75. The van der Waals surface area contributed by atoms with Gasteiger partial charge in [-0.25, -0.2) is 0 Å². The fraction of sp³-hybridized carbons (Fsp3) is 0.300. The Morgan fingerprint density at radius 2 is 2.29 bits per heavy atom. The number of carbonyl (C=O) groups excluding carboxylic acids is 1. The molecule has 0 atom stereocenters. The number of hydrogen-bond acceptors (Lipinski definition) is 4. The van der Waals surface area contributed by atoms with E-state index >= 15 is 0 Å². The van der Waals surface area contributed by atoms with Crippen LogP contribution in [0, 0.1) is 0 Å². The van der Waals surface area contributed by atoms with E-state index in [4.69, 9.17) is 9.84 Å². The van der Waals surface area contributed by atoms with Crippen molar-refractivity contribution in [3.8, 4) is 11.5 Å². The van der Waals surface area contributed by atoms with Crippen LogP contribution in [0.2, 0.25) is 0 Å². The summed E-state index contributed by atoms with van der Waals surface area (Å²) in [6, 6.07) is 4.43. The van der Waals surface area contributed by atoms with Gasteiger partial charge in [-0.2, -0.15) is 0 Å². The van der Waals surface area contributed by atoms with Crippen LogP contribution in [-0.4, -0.2) is 11.1 Å². The monoisotopic (exact) mass is 212 g/mol. The first kappa shape index (κ1) is 10.9. The van der Waals surface area contributed by atoms with Crippen molar-refractivity contribution in [2.24, 2.45) is 0 Å². The second kappa shape index (κ2) is 4.91. The predicted molar refractivity (Wildman–Crippen MR) is 55.9 cm³/mol. The maximum atomic E-state index is 11.1. The molecule has 1 aromatic rings. The number of thiol groups is 1. The van der Waals surface area contributed by atoms with Crippen LogP contribution in [0.25, 0.3) is 0 Å². The zero-order valence-electron chi connectivity index (χ0n) is 7.86. The van der Waals surface area contributed by atoms with Crippen LogP contribution in [0.1, 0.15) is 19.8 Å². The van der Waals surface area contributed by atoms with Crippen molar-refractivity contribution in [2.75, 3.05) is 0 Å². The highest BCUT2D eigenvalue weighted by molar-refractivity contribution is 7.80. The third-order valence-corrected chi connectivity index (χ3v) is 1.99. The van der Waals surface area contributed by atoms with Crippen molar-refractivity contribution in [1.82, 2.24) is 0 Å². The largest absolute Gasteiger partial charge is 0.508 e. The van der Waals surface area contributed by atoms with Gasteiger partial charge in [0, 0.05) is 17.4 Å². The highest BCUT2D eigenvalue weighted by atomic mass is 32.1. The summed E-state index contributed by atoms with van der Waals surface area (Å²) in [6.07, 6.45) is 1.10. The summed E-state index contributed by atoms with van der Waals surface area (Å²) in [5.41, 5.74) is 0. The number of esters is 1. The van der Waals surface area contributed by atoms with E-state index in [1.165, 1.54) is 12.1 Å². The van der Waals surface area contributed by atoms with E-state index in [9.17, 15) is 4.79 Å². The smallest absolute Gasteiger partial charge is 0.311 e. The Hall–Kier alpha value is -1.16. The van der Waals surface area contributed by atoms with Gasteiger partial charge in [0.1, 0.15) is 11.5 Å². The van der Waals surface area contributed by atoms with Crippen molar-refractivity contribution in [1.29, 1.82) is 0 Å². The van der Waals surface area contributed by atoms with Crippen LogP contribution in [0.3, 0.4) is 0 Å². The Bertz CT molecular complexity index is 336. The van der Waals surface area contributed by atoms with E-state index in [-0.39, 0.29) is 11.7 Å². The molecule has 0 saturated heterocycles. The number of aromatic hydroxyl groups is 1. The summed E-state index contributed by atoms with van der Waals surface area (Å²) in [4.78, 5) is 11.7. The fourth-order valence-corrected chi connectivity index (χ4v) is 1.15. The molecule has 0 spiro atoms. The molecular weight excluding hydrogens is 200 g/mol. The van der Waals surface area contributed by atoms with Crippen molar-refractivity contribution in [2.45, 2.75) is 24.7 Å². The first-order chi connectivity index (χ1) is 6.63. The minimum atomic E-state index is -0.312. The van der Waals surface area contributed by atoms with E-state index in [0.717, 1.165) is 6.42 Å². The Kier molecular flexibility index (Phi) is 3.83. The van der Waals surface area contributed by atoms with Crippen LogP contribution in [0.15, 0.2) is 23.1 Å². The molecule has 76 valence electrons. The minimum Gasteiger partial charge on any atom is -0.508 e. The van der Waals surface area contributed by atoms with Crippen LogP contribution in [-0.2, 0) is 4.79 Å². The molecule has 0 fully saturated rings. The lowest BCUT2D eigenvalue weighted by Crippen LogP contribution is -2.07. The van der Waals surface area contributed by atoms with Gasteiger partial charge in [-0.05, 0) is 18.6 Å².